The lowest BCUT2D eigenvalue weighted by atomic mass is 10.1. The lowest BCUT2D eigenvalue weighted by Gasteiger charge is -2.05. The van der Waals surface area contributed by atoms with E-state index in [1.807, 2.05) is 0 Å². The standard InChI is InChI=1S/C14H7F3N2O3S/c15-10-6-7-11(16)14(13(10)17)23(20,21)22-19-12(8-18)9-4-2-1-3-5-9/h1-7H. The van der Waals surface area contributed by atoms with Crippen LogP contribution in [0.15, 0.2) is 52.5 Å². The van der Waals surface area contributed by atoms with Crippen LogP contribution < -0.4 is 0 Å². The minimum atomic E-state index is -5.09. The summed E-state index contributed by atoms with van der Waals surface area (Å²) >= 11 is 0. The van der Waals surface area contributed by atoms with Crippen LogP contribution in [-0.2, 0) is 14.4 Å². The second-order valence-electron chi connectivity index (χ2n) is 4.12. The van der Waals surface area contributed by atoms with Gasteiger partial charge in [0.2, 0.25) is 0 Å². The molecular formula is C14H7F3N2O3S. The maximum atomic E-state index is 13.5. The fraction of sp³-hybridized carbons (Fsp3) is 0. The van der Waals surface area contributed by atoms with Gasteiger partial charge in [0.15, 0.2) is 22.2 Å². The van der Waals surface area contributed by atoms with Crippen molar-refractivity contribution in [2.75, 3.05) is 0 Å². The molecule has 0 bridgehead atoms. The van der Waals surface area contributed by atoms with Crippen LogP contribution in [0.1, 0.15) is 5.56 Å². The van der Waals surface area contributed by atoms with E-state index in [2.05, 4.69) is 9.44 Å². The predicted molar refractivity (Wildman–Crippen MR) is 73.2 cm³/mol. The molecule has 0 aliphatic carbocycles. The van der Waals surface area contributed by atoms with Gasteiger partial charge >= 0.3 is 10.1 Å². The topological polar surface area (TPSA) is 79.5 Å². The molecule has 0 aliphatic heterocycles. The van der Waals surface area contributed by atoms with E-state index in [1.165, 1.54) is 12.1 Å². The molecule has 0 unspecified atom stereocenters. The first-order valence-corrected chi connectivity index (χ1v) is 7.38. The number of halogens is 3. The molecule has 0 aliphatic rings. The minimum Gasteiger partial charge on any atom is -0.263 e. The zero-order chi connectivity index (χ0) is 17.0. The predicted octanol–water partition coefficient (Wildman–Crippen LogP) is 2.74. The first kappa shape index (κ1) is 16.5. The number of nitrogens with zero attached hydrogens (tertiary/aromatic N) is 2. The van der Waals surface area contributed by atoms with E-state index >= 15 is 0 Å². The van der Waals surface area contributed by atoms with Crippen molar-refractivity contribution >= 4 is 15.8 Å². The van der Waals surface area contributed by atoms with Crippen LogP contribution in [-0.4, -0.2) is 14.1 Å². The van der Waals surface area contributed by atoms with Crippen molar-refractivity contribution < 1.29 is 25.9 Å². The smallest absolute Gasteiger partial charge is 0.263 e. The third kappa shape index (κ3) is 3.49. The highest BCUT2D eigenvalue weighted by molar-refractivity contribution is 7.86. The average molecular weight is 340 g/mol. The third-order valence-electron chi connectivity index (χ3n) is 2.63. The summed E-state index contributed by atoms with van der Waals surface area (Å²) in [7, 11) is -5.09. The second kappa shape index (κ2) is 6.50. The first-order chi connectivity index (χ1) is 10.9. The molecule has 0 amide bonds. The van der Waals surface area contributed by atoms with E-state index in [0.29, 0.717) is 12.1 Å². The highest BCUT2D eigenvalue weighted by atomic mass is 32.2. The summed E-state index contributed by atoms with van der Waals surface area (Å²) in [5.74, 6) is -5.04. The van der Waals surface area contributed by atoms with E-state index < -0.39 is 38.2 Å². The Hall–Kier alpha value is -2.86. The van der Waals surface area contributed by atoms with Crippen LogP contribution in [0.4, 0.5) is 13.2 Å². The van der Waals surface area contributed by atoms with Crippen molar-refractivity contribution in [3.8, 4) is 6.07 Å². The van der Waals surface area contributed by atoms with Crippen LogP contribution in [0.25, 0.3) is 0 Å². The summed E-state index contributed by atoms with van der Waals surface area (Å²) in [6.07, 6.45) is 0. The SMILES string of the molecule is N#CC(=NOS(=O)(=O)c1c(F)ccc(F)c1F)c1ccccc1. The second-order valence-corrected chi connectivity index (χ2v) is 5.58. The monoisotopic (exact) mass is 340 g/mol. The highest BCUT2D eigenvalue weighted by Crippen LogP contribution is 2.23. The number of benzene rings is 2. The molecule has 2 rings (SSSR count). The van der Waals surface area contributed by atoms with Crippen molar-refractivity contribution in [1.82, 2.24) is 0 Å². The van der Waals surface area contributed by atoms with Gasteiger partial charge in [-0.15, -0.1) is 0 Å². The molecule has 0 saturated carbocycles. The lowest BCUT2D eigenvalue weighted by molar-refractivity contribution is 0.331. The molecule has 0 atom stereocenters. The quantitative estimate of drug-likeness (QED) is 0.487. The van der Waals surface area contributed by atoms with E-state index in [4.69, 9.17) is 5.26 Å². The summed E-state index contributed by atoms with van der Waals surface area (Å²) in [5.41, 5.74) is -0.211. The molecule has 0 saturated heterocycles. The van der Waals surface area contributed by atoms with Gasteiger partial charge in [-0.3, -0.25) is 4.28 Å². The molecule has 9 heteroatoms. The van der Waals surface area contributed by atoms with Crippen molar-refractivity contribution in [2.24, 2.45) is 5.16 Å². The molecule has 2 aromatic rings. The van der Waals surface area contributed by atoms with Crippen LogP contribution in [0.5, 0.6) is 0 Å². The summed E-state index contributed by atoms with van der Waals surface area (Å²) in [5, 5.41) is 12.0. The number of hydrogen-bond donors (Lipinski definition) is 0. The number of oxime groups is 1. The van der Waals surface area contributed by atoms with Crippen LogP contribution in [0.2, 0.25) is 0 Å². The van der Waals surface area contributed by atoms with Crippen LogP contribution in [0, 0.1) is 28.8 Å². The molecule has 0 heterocycles. The Labute approximate surface area is 129 Å². The van der Waals surface area contributed by atoms with E-state index in [-0.39, 0.29) is 5.56 Å². The number of rotatable bonds is 4. The van der Waals surface area contributed by atoms with Crippen molar-refractivity contribution in [3.05, 3.63) is 65.5 Å². The fourth-order valence-corrected chi connectivity index (χ4v) is 2.47. The van der Waals surface area contributed by atoms with Gasteiger partial charge in [0.05, 0.1) is 0 Å². The van der Waals surface area contributed by atoms with E-state index in [9.17, 15) is 21.6 Å². The normalized spacial score (nSPS) is 11.8. The molecule has 0 N–H and O–H groups in total. The summed E-state index contributed by atoms with van der Waals surface area (Å²) in [6.45, 7) is 0. The van der Waals surface area contributed by atoms with Gasteiger partial charge in [-0.2, -0.15) is 13.7 Å². The molecule has 0 spiro atoms. The Morgan fingerprint density at radius 3 is 2.26 bits per heavy atom. The maximum absolute atomic E-state index is 13.5. The fourth-order valence-electron chi connectivity index (χ4n) is 1.59. The molecular weight excluding hydrogens is 333 g/mol. The Balaban J connectivity index is 2.42. The summed E-state index contributed by atoms with van der Waals surface area (Å²) < 4.78 is 67.8. The molecule has 118 valence electrons. The van der Waals surface area contributed by atoms with Gasteiger partial charge in [-0.05, 0) is 12.1 Å². The lowest BCUT2D eigenvalue weighted by Crippen LogP contribution is -2.11. The van der Waals surface area contributed by atoms with E-state index in [1.54, 1.807) is 24.3 Å². The average Bonchev–Trinajstić information content (AvgIpc) is 2.53. The Bertz CT molecular complexity index is 907. The molecule has 0 fully saturated rings. The Morgan fingerprint density at radius 1 is 1.04 bits per heavy atom. The van der Waals surface area contributed by atoms with Gasteiger partial charge in [-0.25, -0.2) is 13.2 Å². The third-order valence-corrected chi connectivity index (χ3v) is 3.78. The molecule has 23 heavy (non-hydrogen) atoms. The number of nitriles is 1. The Kier molecular flexibility index (Phi) is 4.66. The molecule has 2 aromatic carbocycles. The van der Waals surface area contributed by atoms with E-state index in [0.717, 1.165) is 0 Å². The first-order valence-electron chi connectivity index (χ1n) is 5.97. The Morgan fingerprint density at radius 2 is 1.65 bits per heavy atom. The zero-order valence-corrected chi connectivity index (χ0v) is 12.0. The summed E-state index contributed by atoms with van der Waals surface area (Å²) in [4.78, 5) is -1.62. The largest absolute Gasteiger partial charge is 0.364 e. The van der Waals surface area contributed by atoms with Gasteiger partial charge in [-0.1, -0.05) is 35.5 Å². The van der Waals surface area contributed by atoms with Gasteiger partial charge in [0.25, 0.3) is 0 Å². The molecule has 0 radical (unpaired) electrons. The minimum absolute atomic E-state index is 0.227. The number of hydrogen-bond acceptors (Lipinski definition) is 5. The van der Waals surface area contributed by atoms with Crippen LogP contribution >= 0.6 is 0 Å². The van der Waals surface area contributed by atoms with Gasteiger partial charge in [0.1, 0.15) is 11.9 Å². The maximum Gasteiger partial charge on any atom is 0.364 e. The van der Waals surface area contributed by atoms with Crippen molar-refractivity contribution in [1.29, 1.82) is 5.26 Å². The molecule has 5 nitrogen and oxygen atoms in total. The van der Waals surface area contributed by atoms with Gasteiger partial charge < -0.3 is 0 Å². The highest BCUT2D eigenvalue weighted by Gasteiger charge is 2.29. The zero-order valence-electron chi connectivity index (χ0n) is 11.2. The van der Waals surface area contributed by atoms with Crippen LogP contribution in [0.3, 0.4) is 0 Å². The van der Waals surface area contributed by atoms with Gasteiger partial charge in [0, 0.05) is 5.56 Å². The van der Waals surface area contributed by atoms with Crippen molar-refractivity contribution in [2.45, 2.75) is 4.90 Å². The van der Waals surface area contributed by atoms with Crippen molar-refractivity contribution in [3.63, 3.8) is 0 Å². The summed E-state index contributed by atoms with van der Waals surface area (Å²) in [6, 6.07) is 10.1. The molecule has 0 aromatic heterocycles.